The Morgan fingerprint density at radius 3 is 2.92 bits per heavy atom. The zero-order valence-electron chi connectivity index (χ0n) is 21.0. The summed E-state index contributed by atoms with van der Waals surface area (Å²) in [4.78, 5) is 48.9. The first kappa shape index (κ1) is 26.6. The molecule has 3 aromatic heterocycles. The summed E-state index contributed by atoms with van der Waals surface area (Å²) in [5, 5.41) is 23.1. The van der Waals surface area contributed by atoms with Crippen molar-refractivity contribution in [1.82, 2.24) is 20.3 Å². The number of nitrogens with zero attached hydrogens (tertiary/aromatic N) is 4. The number of nitrogens with two attached hydrogens (primary N) is 1. The summed E-state index contributed by atoms with van der Waals surface area (Å²) >= 11 is 2.49. The van der Waals surface area contributed by atoms with Gasteiger partial charge in [-0.1, -0.05) is 9.67 Å². The van der Waals surface area contributed by atoms with Crippen LogP contribution in [0.1, 0.15) is 17.0 Å². The normalized spacial score (nSPS) is 19.2. The molecule has 5 rings (SSSR count). The summed E-state index contributed by atoms with van der Waals surface area (Å²) in [6, 6.07) is 4.85. The first-order chi connectivity index (χ1) is 18.8. The maximum atomic E-state index is 13.2. The minimum atomic E-state index is -1.44. The molecule has 39 heavy (non-hydrogen) atoms. The number of pyridine rings is 1. The van der Waals surface area contributed by atoms with E-state index in [2.05, 4.69) is 20.6 Å². The quantitative estimate of drug-likeness (QED) is 0.0915. The van der Waals surface area contributed by atoms with Gasteiger partial charge in [-0.2, -0.15) is 5.10 Å². The molecule has 2 aliphatic rings. The van der Waals surface area contributed by atoms with Gasteiger partial charge in [0.15, 0.2) is 10.8 Å². The van der Waals surface area contributed by atoms with Crippen LogP contribution < -0.4 is 20.7 Å². The Morgan fingerprint density at radius 2 is 2.21 bits per heavy atom. The largest absolute Gasteiger partial charge is 0.543 e. The van der Waals surface area contributed by atoms with Crippen LogP contribution in [0.3, 0.4) is 0 Å². The number of carboxylic acid groups (broad SMARTS) is 1. The predicted molar refractivity (Wildman–Crippen MR) is 140 cm³/mol. The smallest absolute Gasteiger partial charge is 0.276 e. The van der Waals surface area contributed by atoms with Gasteiger partial charge in [0.05, 0.1) is 30.0 Å². The molecular weight excluding hydrogens is 546 g/mol. The van der Waals surface area contributed by atoms with E-state index in [1.807, 2.05) is 35.8 Å². The van der Waals surface area contributed by atoms with E-state index in [0.717, 1.165) is 28.1 Å². The van der Waals surface area contributed by atoms with Crippen molar-refractivity contribution in [1.29, 1.82) is 0 Å². The number of fused-ring (bicyclic) bond motifs is 2. The minimum absolute atomic E-state index is 0.0958. The van der Waals surface area contributed by atoms with E-state index in [1.54, 1.807) is 5.38 Å². The Hall–Kier alpha value is -3.95. The molecule has 4 N–H and O–H groups in total. The molecule has 3 aromatic rings. The van der Waals surface area contributed by atoms with Crippen molar-refractivity contribution in [3.05, 3.63) is 58.0 Å². The number of oxime groups is 1. The summed E-state index contributed by atoms with van der Waals surface area (Å²) < 4.78 is 6.82. The van der Waals surface area contributed by atoms with E-state index in [1.165, 1.54) is 23.8 Å². The van der Waals surface area contributed by atoms with E-state index in [4.69, 9.17) is 15.3 Å². The number of aliphatic carboxylic acids is 1. The molecule has 0 spiro atoms. The maximum absolute atomic E-state index is 13.2. The highest BCUT2D eigenvalue weighted by atomic mass is 32.2. The number of hydrogen-bond acceptors (Lipinski definition) is 11. The average molecular weight is 572 g/mol. The van der Waals surface area contributed by atoms with Crippen molar-refractivity contribution in [2.45, 2.75) is 24.8 Å². The zero-order valence-corrected chi connectivity index (χ0v) is 22.6. The summed E-state index contributed by atoms with van der Waals surface area (Å²) in [5.41, 5.74) is 8.94. The van der Waals surface area contributed by atoms with Crippen LogP contribution in [0.15, 0.2) is 46.2 Å². The van der Waals surface area contributed by atoms with Gasteiger partial charge >= 0.3 is 0 Å². The molecule has 0 radical (unpaired) electrons. The summed E-state index contributed by atoms with van der Waals surface area (Å²) in [6.07, 6.45) is 2.14. The molecule has 0 bridgehead atoms. The molecule has 2 aliphatic heterocycles. The molecule has 13 nitrogen and oxygen atoms in total. The fourth-order valence-corrected chi connectivity index (χ4v) is 6.37. The van der Waals surface area contributed by atoms with Gasteiger partial charge in [-0.3, -0.25) is 14.5 Å². The van der Waals surface area contributed by atoms with Crippen LogP contribution in [-0.4, -0.2) is 76.0 Å². The number of aryl methyl sites for hydroxylation is 1. The lowest BCUT2D eigenvalue weighted by molar-refractivity contribution is -0.583. The van der Waals surface area contributed by atoms with Crippen molar-refractivity contribution in [2.75, 3.05) is 31.8 Å². The summed E-state index contributed by atoms with van der Waals surface area (Å²) in [7, 11) is 1.50. The monoisotopic (exact) mass is 571 g/mol. The first-order valence-electron chi connectivity index (χ1n) is 11.9. The molecule has 2 amide bonds. The predicted octanol–water partition coefficient (Wildman–Crippen LogP) is -0.886. The van der Waals surface area contributed by atoms with E-state index >= 15 is 0 Å². The number of β-lactam (4-membered cyclic amide) rings is 1. The van der Waals surface area contributed by atoms with Crippen LogP contribution in [-0.2, 0) is 30.4 Å². The number of ether oxygens (including phenoxy) is 1. The van der Waals surface area contributed by atoms with Crippen LogP contribution in [0.4, 0.5) is 5.13 Å². The molecule has 0 aliphatic carbocycles. The number of anilines is 1. The van der Waals surface area contributed by atoms with Gasteiger partial charge < -0.3 is 30.5 Å². The topological polar surface area (TPSA) is 179 Å². The molecule has 0 unspecified atom stereocenters. The standard InChI is InChI=1S/C24H25N7O6S2/c1-12-4-3-5-16-13(9-26-31(12)16)8-14-10-38-22-18(21(33)30(22)19(14)23(34)35)28-20(32)17(29-37-7-6-36-2)15-11-39-24(25)27-15/h3-5,9,11,18,22H,6-8,10H2,1-2H3,(H4,25,27,28,32,34,35)/b29-17-/t18-,22-/m1/s1. The lowest BCUT2D eigenvalue weighted by Crippen LogP contribution is -2.71. The number of thioether (sulfide) groups is 1. The zero-order chi connectivity index (χ0) is 27.7. The second-order valence-electron chi connectivity index (χ2n) is 8.80. The Labute approximate surface area is 230 Å². The van der Waals surface area contributed by atoms with Gasteiger partial charge in [0.1, 0.15) is 23.7 Å². The molecule has 2 atom stereocenters. The molecular formula is C24H25N7O6S2. The third-order valence-corrected chi connectivity index (χ3v) is 8.34. The second-order valence-corrected chi connectivity index (χ2v) is 10.8. The number of amides is 2. The number of hydrogen-bond donors (Lipinski definition) is 3. The van der Waals surface area contributed by atoms with Gasteiger partial charge in [0.25, 0.3) is 11.8 Å². The lowest BCUT2D eigenvalue weighted by Gasteiger charge is -2.50. The first-order valence-corrected chi connectivity index (χ1v) is 13.8. The number of carbonyl (C=O) groups is 3. The number of thiazole rings is 1. The molecule has 15 heteroatoms. The fourth-order valence-electron chi connectivity index (χ4n) is 4.48. The number of nitrogens with one attached hydrogen (secondary N) is 2. The van der Waals surface area contributed by atoms with Crippen molar-refractivity contribution < 1.29 is 33.6 Å². The highest BCUT2D eigenvalue weighted by Gasteiger charge is 2.53. The second kappa shape index (κ2) is 11.0. The molecule has 0 aromatic carbocycles. The van der Waals surface area contributed by atoms with E-state index in [9.17, 15) is 19.5 Å². The van der Waals surface area contributed by atoms with Crippen LogP contribution in [0.2, 0.25) is 0 Å². The van der Waals surface area contributed by atoms with Crippen LogP contribution in [0.5, 0.6) is 0 Å². The molecule has 0 saturated carbocycles. The molecule has 1 saturated heterocycles. The number of aromatic amines is 1. The van der Waals surface area contributed by atoms with Gasteiger partial charge in [0, 0.05) is 43.7 Å². The minimum Gasteiger partial charge on any atom is -0.543 e. The average Bonchev–Trinajstić information content (AvgIpc) is 3.53. The SMILES string of the molecule is COCCO/N=C(\C(=O)N[C@@H]1C(=O)N2C(C(=O)[O-])=C(Cc3c[nH][n+]4c(C)cccc34)CS[C@H]12)c1csc(N)n1. The van der Waals surface area contributed by atoms with Crippen molar-refractivity contribution in [3.63, 3.8) is 0 Å². The van der Waals surface area contributed by atoms with E-state index in [-0.39, 0.29) is 35.4 Å². The number of carboxylic acids is 1. The number of aromatic nitrogens is 3. The lowest BCUT2D eigenvalue weighted by atomic mass is 9.99. The van der Waals surface area contributed by atoms with Crippen LogP contribution in [0.25, 0.3) is 5.52 Å². The third-order valence-electron chi connectivity index (χ3n) is 6.33. The Balaban J connectivity index is 1.35. The number of carbonyl (C=O) groups excluding carboxylic acids is 3. The summed E-state index contributed by atoms with van der Waals surface area (Å²) in [5.74, 6) is -2.35. The Morgan fingerprint density at radius 1 is 1.38 bits per heavy atom. The van der Waals surface area contributed by atoms with Crippen molar-refractivity contribution >= 4 is 57.2 Å². The Bertz CT molecular complexity index is 1510. The third kappa shape index (κ3) is 5.07. The highest BCUT2D eigenvalue weighted by molar-refractivity contribution is 8.00. The fraction of sp³-hybridized carbons (Fsp3) is 0.333. The number of nitrogen functional groups attached to an aromatic ring is 1. The number of rotatable bonds is 10. The van der Waals surface area contributed by atoms with Crippen molar-refractivity contribution in [2.24, 2.45) is 5.16 Å². The van der Waals surface area contributed by atoms with Crippen LogP contribution in [0, 0.1) is 6.92 Å². The van der Waals surface area contributed by atoms with Gasteiger partial charge in [0.2, 0.25) is 11.2 Å². The molecule has 5 heterocycles. The van der Waals surface area contributed by atoms with Crippen LogP contribution >= 0.6 is 23.1 Å². The highest BCUT2D eigenvalue weighted by Crippen LogP contribution is 2.41. The maximum Gasteiger partial charge on any atom is 0.276 e. The Kier molecular flexibility index (Phi) is 7.54. The number of H-pyrrole nitrogens is 1. The van der Waals surface area contributed by atoms with Gasteiger partial charge in [-0.25, -0.2) is 4.98 Å². The molecule has 1 fully saturated rings. The van der Waals surface area contributed by atoms with E-state index < -0.39 is 29.2 Å². The summed E-state index contributed by atoms with van der Waals surface area (Å²) in [6.45, 7) is 2.31. The van der Waals surface area contributed by atoms with Gasteiger partial charge in [-0.05, 0) is 11.6 Å². The number of methoxy groups -OCH3 is 1. The van der Waals surface area contributed by atoms with Gasteiger partial charge in [-0.15, -0.1) is 23.1 Å². The van der Waals surface area contributed by atoms with E-state index in [0.29, 0.717) is 17.7 Å². The molecule has 204 valence electrons. The van der Waals surface area contributed by atoms with Crippen molar-refractivity contribution in [3.8, 4) is 0 Å².